The van der Waals surface area contributed by atoms with Gasteiger partial charge in [0.25, 0.3) is 0 Å². The van der Waals surface area contributed by atoms with E-state index in [0.29, 0.717) is 43.8 Å². The fourth-order valence-electron chi connectivity index (χ4n) is 4.51. The van der Waals surface area contributed by atoms with Crippen LogP contribution in [0.25, 0.3) is 0 Å². The van der Waals surface area contributed by atoms with Gasteiger partial charge >= 0.3 is 6.18 Å². The molecule has 0 radical (unpaired) electrons. The van der Waals surface area contributed by atoms with Gasteiger partial charge in [-0.1, -0.05) is 6.07 Å². The van der Waals surface area contributed by atoms with Crippen molar-refractivity contribution in [3.8, 4) is 11.8 Å². The van der Waals surface area contributed by atoms with Crippen molar-refractivity contribution in [2.75, 3.05) is 18.4 Å². The summed E-state index contributed by atoms with van der Waals surface area (Å²) in [6, 6.07) is 7.52. The first-order valence-electron chi connectivity index (χ1n) is 12.6. The Kier molecular flexibility index (Phi) is 7.66. The lowest BCUT2D eigenvalue weighted by Crippen LogP contribution is -2.45. The molecule has 2 aliphatic rings. The van der Waals surface area contributed by atoms with E-state index < -0.39 is 11.7 Å². The van der Waals surface area contributed by atoms with E-state index in [4.69, 9.17) is 9.47 Å². The van der Waals surface area contributed by atoms with Crippen LogP contribution < -0.4 is 14.8 Å². The van der Waals surface area contributed by atoms with E-state index in [1.807, 2.05) is 6.07 Å². The Labute approximate surface area is 222 Å². The van der Waals surface area contributed by atoms with Crippen molar-refractivity contribution in [1.82, 2.24) is 24.6 Å². The monoisotopic (exact) mass is 544 g/mol. The Bertz CT molecular complexity index is 1280. The smallest absolute Gasteiger partial charge is 0.417 e. The summed E-state index contributed by atoms with van der Waals surface area (Å²) in [6.45, 7) is 0.799. The molecule has 0 unspecified atom stereocenters. The molecule has 39 heavy (non-hydrogen) atoms. The van der Waals surface area contributed by atoms with Crippen LogP contribution in [0.1, 0.15) is 31.2 Å². The fourth-order valence-corrected chi connectivity index (χ4v) is 4.51. The van der Waals surface area contributed by atoms with Crippen LogP contribution in [0.5, 0.6) is 11.8 Å². The van der Waals surface area contributed by atoms with E-state index in [1.165, 1.54) is 16.9 Å². The molecule has 4 heterocycles. The number of amides is 2. The number of halogens is 3. The SMILES string of the molecule is O=C(Nc1cnn(CC(=O)N2CCC[C@H](Oc3ccc(C(F)(F)F)cn3)C2)c1)C1CC(Oc2ccccn2)C1. The molecule has 2 fully saturated rings. The van der Waals surface area contributed by atoms with E-state index >= 15 is 0 Å². The molecule has 1 saturated heterocycles. The molecule has 3 aromatic rings. The van der Waals surface area contributed by atoms with Gasteiger partial charge in [-0.2, -0.15) is 18.3 Å². The number of alkyl halides is 3. The minimum Gasteiger partial charge on any atom is -0.474 e. The number of anilines is 1. The van der Waals surface area contributed by atoms with Crippen LogP contribution >= 0.6 is 0 Å². The molecule has 1 atom stereocenters. The second-order valence-corrected chi connectivity index (χ2v) is 9.60. The molecule has 5 rings (SSSR count). The van der Waals surface area contributed by atoms with Gasteiger partial charge in [-0.25, -0.2) is 9.97 Å². The number of hydrogen-bond donors (Lipinski definition) is 1. The van der Waals surface area contributed by atoms with Crippen LogP contribution in [-0.4, -0.2) is 61.8 Å². The largest absolute Gasteiger partial charge is 0.474 e. The molecule has 2 amide bonds. The lowest BCUT2D eigenvalue weighted by atomic mass is 9.81. The number of pyridine rings is 2. The quantitative estimate of drug-likeness (QED) is 0.462. The second kappa shape index (κ2) is 11.3. The molecular formula is C26H27F3N6O4. The van der Waals surface area contributed by atoms with Gasteiger partial charge in [0.05, 0.1) is 24.0 Å². The minimum absolute atomic E-state index is 0.0233. The van der Waals surface area contributed by atoms with E-state index in [0.717, 1.165) is 12.3 Å². The number of carbonyl (C=O) groups excluding carboxylic acids is 2. The van der Waals surface area contributed by atoms with E-state index in [2.05, 4.69) is 20.4 Å². The second-order valence-electron chi connectivity index (χ2n) is 9.60. The van der Waals surface area contributed by atoms with Crippen LogP contribution in [-0.2, 0) is 22.3 Å². The highest BCUT2D eigenvalue weighted by Crippen LogP contribution is 2.32. The standard InChI is InChI=1S/C26H27F3N6O4/c27-26(28,29)18-6-7-23(31-12-18)38-20-4-3-9-34(15-20)24(36)16-35-14-19(13-32-35)33-25(37)17-10-21(11-17)39-22-5-1-2-8-30-22/h1-2,5-8,12-14,17,20-21H,3-4,9-11,15-16H2,(H,33,37)/t17?,20-,21?/m0/s1. The molecule has 0 bridgehead atoms. The predicted octanol–water partition coefficient (Wildman–Crippen LogP) is 3.56. The lowest BCUT2D eigenvalue weighted by molar-refractivity contribution is -0.138. The zero-order valence-electron chi connectivity index (χ0n) is 20.9. The third-order valence-corrected chi connectivity index (χ3v) is 6.67. The molecule has 10 nitrogen and oxygen atoms in total. The topological polar surface area (TPSA) is 111 Å². The van der Waals surface area contributed by atoms with E-state index in [-0.39, 0.29) is 48.9 Å². The van der Waals surface area contributed by atoms with Crippen LogP contribution in [0.2, 0.25) is 0 Å². The van der Waals surface area contributed by atoms with Gasteiger partial charge in [0.15, 0.2) is 0 Å². The van der Waals surface area contributed by atoms with Crippen molar-refractivity contribution in [3.63, 3.8) is 0 Å². The molecule has 13 heteroatoms. The lowest BCUT2D eigenvalue weighted by Gasteiger charge is -2.33. The number of nitrogens with zero attached hydrogens (tertiary/aromatic N) is 5. The number of piperidine rings is 1. The number of rotatable bonds is 8. The first-order chi connectivity index (χ1) is 18.7. The first kappa shape index (κ1) is 26.4. The summed E-state index contributed by atoms with van der Waals surface area (Å²) in [6.07, 6.45) is 3.09. The first-order valence-corrected chi connectivity index (χ1v) is 12.6. The third-order valence-electron chi connectivity index (χ3n) is 6.67. The molecular weight excluding hydrogens is 517 g/mol. The minimum atomic E-state index is -4.47. The van der Waals surface area contributed by atoms with Crippen molar-refractivity contribution in [2.45, 2.75) is 50.6 Å². The van der Waals surface area contributed by atoms with Gasteiger partial charge in [0.1, 0.15) is 18.8 Å². The summed E-state index contributed by atoms with van der Waals surface area (Å²) in [7, 11) is 0. The Morgan fingerprint density at radius 2 is 1.82 bits per heavy atom. The van der Waals surface area contributed by atoms with Crippen molar-refractivity contribution in [3.05, 3.63) is 60.7 Å². The van der Waals surface area contributed by atoms with E-state index in [1.54, 1.807) is 29.4 Å². The molecule has 1 aliphatic carbocycles. The number of carbonyl (C=O) groups is 2. The Hall–Kier alpha value is -4.16. The Morgan fingerprint density at radius 3 is 2.54 bits per heavy atom. The highest BCUT2D eigenvalue weighted by molar-refractivity contribution is 5.93. The van der Waals surface area contributed by atoms with Crippen LogP contribution in [0.15, 0.2) is 55.1 Å². The van der Waals surface area contributed by atoms with E-state index in [9.17, 15) is 22.8 Å². The Morgan fingerprint density at radius 1 is 1.03 bits per heavy atom. The average Bonchev–Trinajstić information content (AvgIpc) is 3.33. The number of nitrogens with one attached hydrogen (secondary N) is 1. The summed E-state index contributed by atoms with van der Waals surface area (Å²) < 4.78 is 51.1. The maximum atomic E-state index is 12.9. The summed E-state index contributed by atoms with van der Waals surface area (Å²) in [4.78, 5) is 34.9. The van der Waals surface area contributed by atoms with Crippen molar-refractivity contribution < 1.29 is 32.2 Å². The Balaban J connectivity index is 1.06. The number of likely N-dealkylation sites (tertiary alicyclic amines) is 1. The average molecular weight is 545 g/mol. The van der Waals surface area contributed by atoms with Crippen molar-refractivity contribution in [2.24, 2.45) is 5.92 Å². The van der Waals surface area contributed by atoms with Crippen LogP contribution in [0, 0.1) is 5.92 Å². The van der Waals surface area contributed by atoms with Gasteiger partial charge in [-0.3, -0.25) is 14.3 Å². The van der Waals surface area contributed by atoms with Crippen molar-refractivity contribution >= 4 is 17.5 Å². The fraction of sp³-hybridized carbons (Fsp3) is 0.423. The van der Waals surface area contributed by atoms with Crippen LogP contribution in [0.4, 0.5) is 18.9 Å². The summed E-state index contributed by atoms with van der Waals surface area (Å²) in [5.74, 6) is 0.131. The molecule has 0 aromatic carbocycles. The van der Waals surface area contributed by atoms with Gasteiger partial charge < -0.3 is 19.7 Å². The molecule has 0 spiro atoms. The molecule has 1 N–H and O–H groups in total. The predicted molar refractivity (Wildman–Crippen MR) is 132 cm³/mol. The third kappa shape index (κ3) is 6.84. The number of ether oxygens (including phenoxy) is 2. The van der Waals surface area contributed by atoms with Gasteiger partial charge in [0.2, 0.25) is 23.6 Å². The summed E-state index contributed by atoms with van der Waals surface area (Å²) in [5, 5.41) is 7.01. The molecule has 1 saturated carbocycles. The zero-order valence-corrected chi connectivity index (χ0v) is 20.9. The molecule has 1 aliphatic heterocycles. The van der Waals surface area contributed by atoms with Crippen molar-refractivity contribution in [1.29, 1.82) is 0 Å². The maximum absolute atomic E-state index is 12.9. The van der Waals surface area contributed by atoms with Gasteiger partial charge in [0, 0.05) is 43.2 Å². The highest BCUT2D eigenvalue weighted by Gasteiger charge is 2.36. The summed E-state index contributed by atoms with van der Waals surface area (Å²) >= 11 is 0. The normalized spacial score (nSPS) is 21.1. The maximum Gasteiger partial charge on any atom is 0.417 e. The zero-order chi connectivity index (χ0) is 27.4. The summed E-state index contributed by atoms with van der Waals surface area (Å²) in [5.41, 5.74) is -0.355. The number of hydrogen-bond acceptors (Lipinski definition) is 7. The van der Waals surface area contributed by atoms with Crippen LogP contribution in [0.3, 0.4) is 0 Å². The van der Waals surface area contributed by atoms with Gasteiger partial charge in [-0.15, -0.1) is 0 Å². The number of aromatic nitrogens is 4. The molecule has 206 valence electrons. The molecule has 3 aromatic heterocycles. The highest BCUT2D eigenvalue weighted by atomic mass is 19.4. The van der Waals surface area contributed by atoms with Gasteiger partial charge in [-0.05, 0) is 37.8 Å².